The van der Waals surface area contributed by atoms with Crippen LogP contribution >= 0.6 is 0 Å². The quantitative estimate of drug-likeness (QED) is 0.522. The number of aryl methyl sites for hydroxylation is 1. The third-order valence-corrected chi connectivity index (χ3v) is 4.33. The minimum absolute atomic E-state index is 0.00800. The topological polar surface area (TPSA) is 85.3 Å². The highest BCUT2D eigenvalue weighted by Gasteiger charge is 2.15. The summed E-state index contributed by atoms with van der Waals surface area (Å²) in [5, 5.41) is 4.93. The van der Waals surface area contributed by atoms with Crippen molar-refractivity contribution in [3.05, 3.63) is 66.4 Å². The van der Waals surface area contributed by atoms with Crippen molar-refractivity contribution >= 4 is 16.8 Å². The molecule has 0 aliphatic rings. The van der Waals surface area contributed by atoms with Gasteiger partial charge in [0.2, 0.25) is 17.6 Å². The van der Waals surface area contributed by atoms with E-state index >= 15 is 0 Å². The zero-order valence-corrected chi connectivity index (χ0v) is 14.8. The number of rotatable bonds is 6. The van der Waals surface area contributed by atoms with Crippen LogP contribution in [-0.2, 0) is 17.8 Å². The van der Waals surface area contributed by atoms with E-state index in [0.29, 0.717) is 36.9 Å². The Bertz CT molecular complexity index is 1050. The molecule has 0 atom stereocenters. The van der Waals surface area contributed by atoms with Gasteiger partial charge in [-0.25, -0.2) is 0 Å². The van der Waals surface area contributed by atoms with Gasteiger partial charge in [-0.3, -0.25) is 9.78 Å². The lowest BCUT2D eigenvalue weighted by atomic mass is 10.1. The van der Waals surface area contributed by atoms with E-state index in [1.165, 1.54) is 0 Å². The van der Waals surface area contributed by atoms with Crippen molar-refractivity contribution in [2.75, 3.05) is 7.05 Å². The average molecular weight is 362 g/mol. The molecule has 0 saturated carbocycles. The maximum atomic E-state index is 12.5. The van der Waals surface area contributed by atoms with Gasteiger partial charge in [-0.05, 0) is 29.8 Å². The summed E-state index contributed by atoms with van der Waals surface area (Å²) in [4.78, 5) is 22.8. The number of fused-ring (bicyclic) bond motifs is 1. The minimum atomic E-state index is 0.00800. The molecule has 0 fully saturated rings. The van der Waals surface area contributed by atoms with Crippen LogP contribution in [0.1, 0.15) is 17.9 Å². The highest BCUT2D eigenvalue weighted by Crippen LogP contribution is 2.19. The number of aromatic nitrogens is 3. The molecule has 3 aromatic heterocycles. The summed E-state index contributed by atoms with van der Waals surface area (Å²) in [7, 11) is 1.79. The summed E-state index contributed by atoms with van der Waals surface area (Å²) in [5.74, 6) is 1.35. The average Bonchev–Trinajstić information content (AvgIpc) is 3.38. The van der Waals surface area contributed by atoms with Gasteiger partial charge in [0.1, 0.15) is 0 Å². The van der Waals surface area contributed by atoms with Crippen LogP contribution in [-0.4, -0.2) is 33.0 Å². The van der Waals surface area contributed by atoms with Crippen LogP contribution in [0.2, 0.25) is 0 Å². The Hall–Kier alpha value is -3.48. The van der Waals surface area contributed by atoms with E-state index in [4.69, 9.17) is 8.94 Å². The number of carbonyl (C=O) groups excluding carboxylic acids is 1. The summed E-state index contributed by atoms with van der Waals surface area (Å²) in [5.41, 5.74) is 1.99. The molecule has 0 saturated heterocycles. The molecular formula is C20H18N4O3. The van der Waals surface area contributed by atoms with Gasteiger partial charge in [0.25, 0.3) is 0 Å². The molecular weight excluding hydrogens is 344 g/mol. The Kier molecular flexibility index (Phi) is 4.65. The smallest absolute Gasteiger partial charge is 0.238 e. The van der Waals surface area contributed by atoms with Crippen molar-refractivity contribution in [3.63, 3.8) is 0 Å². The summed E-state index contributed by atoms with van der Waals surface area (Å²) in [6.45, 7) is 0.517. The van der Waals surface area contributed by atoms with Gasteiger partial charge in [-0.2, -0.15) is 4.98 Å². The fourth-order valence-electron chi connectivity index (χ4n) is 2.92. The predicted molar refractivity (Wildman–Crippen MR) is 98.5 cm³/mol. The largest absolute Gasteiger partial charge is 0.461 e. The van der Waals surface area contributed by atoms with Crippen LogP contribution in [0.4, 0.5) is 0 Å². The molecule has 0 aliphatic heterocycles. The molecule has 4 rings (SSSR count). The monoisotopic (exact) mass is 362 g/mol. The van der Waals surface area contributed by atoms with Crippen molar-refractivity contribution in [2.45, 2.75) is 19.4 Å². The molecule has 0 radical (unpaired) electrons. The maximum Gasteiger partial charge on any atom is 0.238 e. The fraction of sp³-hybridized carbons (Fsp3) is 0.200. The van der Waals surface area contributed by atoms with E-state index < -0.39 is 0 Å². The molecule has 1 amide bonds. The van der Waals surface area contributed by atoms with Crippen LogP contribution < -0.4 is 0 Å². The lowest BCUT2D eigenvalue weighted by Crippen LogP contribution is -2.26. The van der Waals surface area contributed by atoms with Gasteiger partial charge in [0.05, 0.1) is 11.8 Å². The van der Waals surface area contributed by atoms with Crippen LogP contribution in [0, 0.1) is 0 Å². The second-order valence-electron chi connectivity index (χ2n) is 6.23. The Labute approximate surface area is 155 Å². The Morgan fingerprint density at radius 1 is 1.15 bits per heavy atom. The van der Waals surface area contributed by atoms with E-state index in [2.05, 4.69) is 15.1 Å². The number of amides is 1. The zero-order valence-electron chi connectivity index (χ0n) is 14.8. The zero-order chi connectivity index (χ0) is 18.6. The molecule has 0 bridgehead atoms. The van der Waals surface area contributed by atoms with Crippen LogP contribution in [0.25, 0.3) is 22.5 Å². The van der Waals surface area contributed by atoms with E-state index in [-0.39, 0.29) is 5.91 Å². The number of nitrogens with zero attached hydrogens (tertiary/aromatic N) is 4. The normalized spacial score (nSPS) is 11.0. The Morgan fingerprint density at radius 2 is 2.07 bits per heavy atom. The van der Waals surface area contributed by atoms with Crippen molar-refractivity contribution < 1.29 is 13.7 Å². The second kappa shape index (κ2) is 7.41. The molecule has 136 valence electrons. The van der Waals surface area contributed by atoms with Crippen molar-refractivity contribution in [2.24, 2.45) is 0 Å². The number of carbonyl (C=O) groups is 1. The Balaban J connectivity index is 1.38. The fourth-order valence-corrected chi connectivity index (χ4v) is 2.92. The minimum Gasteiger partial charge on any atom is -0.461 e. The number of hydrogen-bond acceptors (Lipinski definition) is 6. The first-order chi connectivity index (χ1) is 13.2. The lowest BCUT2D eigenvalue weighted by Gasteiger charge is -2.18. The van der Waals surface area contributed by atoms with Crippen LogP contribution in [0.3, 0.4) is 0 Å². The van der Waals surface area contributed by atoms with Crippen LogP contribution in [0.15, 0.2) is 63.9 Å². The number of furan rings is 1. The third kappa shape index (κ3) is 3.72. The predicted octanol–water partition coefficient (Wildman–Crippen LogP) is 3.47. The van der Waals surface area contributed by atoms with Crippen molar-refractivity contribution in [3.8, 4) is 11.6 Å². The summed E-state index contributed by atoms with van der Waals surface area (Å²) in [6, 6.07) is 13.4. The van der Waals surface area contributed by atoms with Gasteiger partial charge >= 0.3 is 0 Å². The molecule has 3 heterocycles. The highest BCUT2D eigenvalue weighted by molar-refractivity contribution is 5.83. The molecule has 1 aromatic carbocycles. The molecule has 0 aliphatic carbocycles. The third-order valence-electron chi connectivity index (χ3n) is 4.33. The molecule has 0 N–H and O–H groups in total. The van der Waals surface area contributed by atoms with Crippen molar-refractivity contribution in [1.82, 2.24) is 20.0 Å². The Morgan fingerprint density at radius 3 is 2.93 bits per heavy atom. The number of hydrogen-bond donors (Lipinski definition) is 0. The lowest BCUT2D eigenvalue weighted by molar-refractivity contribution is -0.130. The van der Waals surface area contributed by atoms with E-state index in [1.54, 1.807) is 36.5 Å². The number of pyridine rings is 1. The van der Waals surface area contributed by atoms with Gasteiger partial charge < -0.3 is 13.8 Å². The van der Waals surface area contributed by atoms with Gasteiger partial charge in [-0.15, -0.1) is 0 Å². The van der Waals surface area contributed by atoms with Gasteiger partial charge in [0, 0.05) is 38.0 Å². The standard InChI is InChI=1S/C20H18N4O3/c1-24(13-14-5-2-7-16-15(14)6-3-11-21-16)19(25)10-9-18-22-20(23-27-18)17-8-4-12-26-17/h2-8,11-12H,9-10,13H2,1H3. The molecule has 4 aromatic rings. The first-order valence-electron chi connectivity index (χ1n) is 8.64. The summed E-state index contributed by atoms with van der Waals surface area (Å²) >= 11 is 0. The van der Waals surface area contributed by atoms with Crippen LogP contribution in [0.5, 0.6) is 0 Å². The summed E-state index contributed by atoms with van der Waals surface area (Å²) < 4.78 is 10.4. The van der Waals surface area contributed by atoms with Crippen molar-refractivity contribution in [1.29, 1.82) is 0 Å². The molecule has 7 nitrogen and oxygen atoms in total. The molecule has 0 unspecified atom stereocenters. The van der Waals surface area contributed by atoms with E-state index in [9.17, 15) is 4.79 Å². The number of benzene rings is 1. The first kappa shape index (κ1) is 17.0. The van der Waals surface area contributed by atoms with E-state index in [0.717, 1.165) is 16.5 Å². The molecule has 7 heteroatoms. The maximum absolute atomic E-state index is 12.5. The van der Waals surface area contributed by atoms with Gasteiger partial charge in [0.15, 0.2) is 5.76 Å². The SMILES string of the molecule is CN(Cc1cccc2ncccc12)C(=O)CCc1nc(-c2ccco2)no1. The van der Waals surface area contributed by atoms with Gasteiger partial charge in [-0.1, -0.05) is 23.4 Å². The molecule has 0 spiro atoms. The van der Waals surface area contributed by atoms with E-state index in [1.807, 2.05) is 30.3 Å². The molecule has 27 heavy (non-hydrogen) atoms. The first-order valence-corrected chi connectivity index (χ1v) is 8.64. The summed E-state index contributed by atoms with van der Waals surface area (Å²) in [6.07, 6.45) is 3.99. The second-order valence-corrected chi connectivity index (χ2v) is 6.23. The highest BCUT2D eigenvalue weighted by atomic mass is 16.5.